The fourth-order valence-corrected chi connectivity index (χ4v) is 3.39. The van der Waals surface area contributed by atoms with Crippen molar-refractivity contribution in [2.45, 2.75) is 46.0 Å². The lowest BCUT2D eigenvalue weighted by molar-refractivity contribution is 0.735. The van der Waals surface area contributed by atoms with Gasteiger partial charge in [-0.2, -0.15) is 0 Å². The third-order valence-corrected chi connectivity index (χ3v) is 4.79. The van der Waals surface area contributed by atoms with Gasteiger partial charge in [0.2, 0.25) is 0 Å². The Labute approximate surface area is 128 Å². The maximum absolute atomic E-state index is 2.34. The Morgan fingerprint density at radius 2 is 1.90 bits per heavy atom. The molecule has 0 heterocycles. The first-order valence-corrected chi connectivity index (χ1v) is 8.10. The number of allylic oxidation sites excluding steroid dienone is 1. The van der Waals surface area contributed by atoms with Crippen LogP contribution >= 0.6 is 0 Å². The molecule has 2 aromatic carbocycles. The Morgan fingerprint density at radius 3 is 2.71 bits per heavy atom. The highest BCUT2D eigenvalue weighted by Gasteiger charge is 2.17. The van der Waals surface area contributed by atoms with Crippen LogP contribution in [0.3, 0.4) is 0 Å². The van der Waals surface area contributed by atoms with Crippen LogP contribution < -0.4 is 0 Å². The van der Waals surface area contributed by atoms with E-state index in [0.717, 1.165) is 12.8 Å². The van der Waals surface area contributed by atoms with Gasteiger partial charge in [0, 0.05) is 0 Å². The van der Waals surface area contributed by atoms with Crippen molar-refractivity contribution in [1.29, 1.82) is 0 Å². The van der Waals surface area contributed by atoms with Crippen LogP contribution in [0, 0.1) is 6.92 Å². The van der Waals surface area contributed by atoms with Crippen LogP contribution in [-0.2, 0) is 6.42 Å². The first kappa shape index (κ1) is 14.1. The van der Waals surface area contributed by atoms with Crippen LogP contribution in [0.4, 0.5) is 0 Å². The van der Waals surface area contributed by atoms with Crippen LogP contribution in [0.15, 0.2) is 42.5 Å². The number of fused-ring (bicyclic) bond motifs is 1. The summed E-state index contributed by atoms with van der Waals surface area (Å²) in [5, 5.41) is 0. The lowest BCUT2D eigenvalue weighted by Gasteiger charge is -2.22. The SMILES string of the molecule is CCC(C)c1ccccc1-c1c(C)ccc2c1CCC=C2. The lowest BCUT2D eigenvalue weighted by atomic mass is 9.82. The van der Waals surface area contributed by atoms with Crippen molar-refractivity contribution in [3.05, 3.63) is 64.7 Å². The van der Waals surface area contributed by atoms with Gasteiger partial charge in [-0.05, 0) is 65.5 Å². The molecule has 0 amide bonds. The predicted molar refractivity (Wildman–Crippen MR) is 92.7 cm³/mol. The molecule has 1 unspecified atom stereocenters. The average Bonchev–Trinajstić information content (AvgIpc) is 2.54. The van der Waals surface area contributed by atoms with E-state index in [4.69, 9.17) is 0 Å². The molecule has 0 nitrogen and oxygen atoms in total. The summed E-state index contributed by atoms with van der Waals surface area (Å²) in [5.74, 6) is 0.607. The standard InChI is InChI=1S/C21H24/c1-4-15(2)18-10-7-8-12-20(18)21-16(3)13-14-17-9-5-6-11-19(17)21/h5,7-10,12-15H,4,6,11H2,1-3H3. The molecule has 0 bridgehead atoms. The smallest absolute Gasteiger partial charge is 0.0114 e. The van der Waals surface area contributed by atoms with E-state index in [1.54, 1.807) is 0 Å². The molecule has 21 heavy (non-hydrogen) atoms. The largest absolute Gasteiger partial charge is 0.0836 e. The second-order valence-electron chi connectivity index (χ2n) is 6.16. The minimum absolute atomic E-state index is 0.607. The van der Waals surface area contributed by atoms with Gasteiger partial charge in [0.15, 0.2) is 0 Å². The molecule has 0 aromatic heterocycles. The van der Waals surface area contributed by atoms with Crippen molar-refractivity contribution >= 4 is 6.08 Å². The van der Waals surface area contributed by atoms with Crippen molar-refractivity contribution in [1.82, 2.24) is 0 Å². The summed E-state index contributed by atoms with van der Waals surface area (Å²) in [5.41, 5.74) is 8.75. The number of benzene rings is 2. The zero-order chi connectivity index (χ0) is 14.8. The van der Waals surface area contributed by atoms with Gasteiger partial charge >= 0.3 is 0 Å². The Morgan fingerprint density at radius 1 is 1.10 bits per heavy atom. The van der Waals surface area contributed by atoms with Crippen LogP contribution in [0.2, 0.25) is 0 Å². The Balaban J connectivity index is 2.24. The fourth-order valence-electron chi connectivity index (χ4n) is 3.39. The van der Waals surface area contributed by atoms with Crippen LogP contribution in [0.5, 0.6) is 0 Å². The molecular formula is C21H24. The molecule has 0 aliphatic heterocycles. The molecule has 2 aromatic rings. The van der Waals surface area contributed by atoms with Crippen molar-refractivity contribution in [2.75, 3.05) is 0 Å². The highest BCUT2D eigenvalue weighted by molar-refractivity contribution is 5.79. The molecule has 0 heteroatoms. The van der Waals surface area contributed by atoms with Gasteiger partial charge in [-0.3, -0.25) is 0 Å². The molecule has 0 spiro atoms. The van der Waals surface area contributed by atoms with Crippen LogP contribution in [0.25, 0.3) is 17.2 Å². The molecule has 0 saturated carbocycles. The predicted octanol–water partition coefficient (Wildman–Crippen LogP) is 6.13. The zero-order valence-electron chi connectivity index (χ0n) is 13.3. The van der Waals surface area contributed by atoms with E-state index >= 15 is 0 Å². The van der Waals surface area contributed by atoms with E-state index in [2.05, 4.69) is 69.3 Å². The first-order valence-electron chi connectivity index (χ1n) is 8.10. The highest BCUT2D eigenvalue weighted by Crippen LogP contribution is 2.38. The second-order valence-corrected chi connectivity index (χ2v) is 6.16. The number of hydrogen-bond donors (Lipinski definition) is 0. The monoisotopic (exact) mass is 276 g/mol. The zero-order valence-corrected chi connectivity index (χ0v) is 13.3. The highest BCUT2D eigenvalue weighted by atomic mass is 14.2. The Hall–Kier alpha value is -1.82. The molecule has 3 rings (SSSR count). The molecule has 0 fully saturated rings. The summed E-state index contributed by atoms with van der Waals surface area (Å²) >= 11 is 0. The molecule has 0 radical (unpaired) electrons. The van der Waals surface area contributed by atoms with Gasteiger partial charge in [-0.15, -0.1) is 0 Å². The van der Waals surface area contributed by atoms with E-state index in [0.29, 0.717) is 5.92 Å². The van der Waals surface area contributed by atoms with E-state index < -0.39 is 0 Å². The van der Waals surface area contributed by atoms with Crippen molar-refractivity contribution < 1.29 is 0 Å². The van der Waals surface area contributed by atoms with Crippen LogP contribution in [0.1, 0.15) is 54.9 Å². The number of rotatable bonds is 3. The first-order chi connectivity index (χ1) is 10.2. The summed E-state index contributed by atoms with van der Waals surface area (Å²) in [7, 11) is 0. The second kappa shape index (κ2) is 5.89. The minimum atomic E-state index is 0.607. The maximum Gasteiger partial charge on any atom is -0.0114 e. The van der Waals surface area contributed by atoms with Gasteiger partial charge in [-0.1, -0.05) is 62.4 Å². The minimum Gasteiger partial charge on any atom is -0.0836 e. The van der Waals surface area contributed by atoms with Gasteiger partial charge in [0.1, 0.15) is 0 Å². The molecule has 1 aliphatic rings. The number of hydrogen-bond acceptors (Lipinski definition) is 0. The quantitative estimate of drug-likeness (QED) is 0.632. The van der Waals surface area contributed by atoms with Gasteiger partial charge in [0.25, 0.3) is 0 Å². The summed E-state index contributed by atoms with van der Waals surface area (Å²) in [6.07, 6.45) is 8.09. The lowest BCUT2D eigenvalue weighted by Crippen LogP contribution is -2.03. The summed E-state index contributed by atoms with van der Waals surface area (Å²) in [4.78, 5) is 0. The van der Waals surface area contributed by atoms with E-state index in [-0.39, 0.29) is 0 Å². The van der Waals surface area contributed by atoms with E-state index in [1.165, 1.54) is 39.8 Å². The maximum atomic E-state index is 2.34. The van der Waals surface area contributed by atoms with Gasteiger partial charge in [0.05, 0.1) is 0 Å². The summed E-state index contributed by atoms with van der Waals surface area (Å²) < 4.78 is 0. The Bertz CT molecular complexity index is 676. The summed E-state index contributed by atoms with van der Waals surface area (Å²) in [6.45, 7) is 6.86. The normalized spacial score (nSPS) is 14.8. The summed E-state index contributed by atoms with van der Waals surface area (Å²) in [6, 6.07) is 13.5. The van der Waals surface area contributed by atoms with Crippen molar-refractivity contribution in [2.24, 2.45) is 0 Å². The Kier molecular flexibility index (Phi) is 3.96. The van der Waals surface area contributed by atoms with E-state index in [9.17, 15) is 0 Å². The topological polar surface area (TPSA) is 0 Å². The van der Waals surface area contributed by atoms with E-state index in [1.807, 2.05) is 0 Å². The molecule has 1 atom stereocenters. The van der Waals surface area contributed by atoms with Crippen LogP contribution in [-0.4, -0.2) is 0 Å². The molecule has 108 valence electrons. The van der Waals surface area contributed by atoms with Crippen molar-refractivity contribution in [3.63, 3.8) is 0 Å². The molecule has 0 saturated heterocycles. The molecular weight excluding hydrogens is 252 g/mol. The number of aryl methyl sites for hydroxylation is 1. The van der Waals surface area contributed by atoms with Crippen molar-refractivity contribution in [3.8, 4) is 11.1 Å². The third-order valence-electron chi connectivity index (χ3n) is 4.79. The van der Waals surface area contributed by atoms with Gasteiger partial charge in [-0.25, -0.2) is 0 Å². The fraction of sp³-hybridized carbons (Fsp3) is 0.333. The third kappa shape index (κ3) is 2.55. The average molecular weight is 276 g/mol. The van der Waals surface area contributed by atoms with Gasteiger partial charge < -0.3 is 0 Å². The molecule has 1 aliphatic carbocycles. The molecule has 0 N–H and O–H groups in total.